The third-order valence-electron chi connectivity index (χ3n) is 2.59. The summed E-state index contributed by atoms with van der Waals surface area (Å²) in [5.74, 6) is 0.381. The first-order valence-corrected chi connectivity index (χ1v) is 6.11. The lowest BCUT2D eigenvalue weighted by atomic mass is 10.1. The van der Waals surface area contributed by atoms with Crippen LogP contribution >= 0.6 is 0 Å². The number of halogens is 3. The Morgan fingerprint density at radius 3 is 2.44 bits per heavy atom. The largest absolute Gasteiger partial charge is 0.435 e. The summed E-state index contributed by atoms with van der Waals surface area (Å²) in [6.07, 6.45) is -0.0644. The number of aromatic nitrogens is 2. The van der Waals surface area contributed by atoms with Crippen molar-refractivity contribution in [3.8, 4) is 0 Å². The Balaban J connectivity index is 2.48. The van der Waals surface area contributed by atoms with E-state index in [9.17, 15) is 13.2 Å². The number of hydrogen-bond acceptors (Lipinski definition) is 3. The molecule has 0 aromatic carbocycles. The van der Waals surface area contributed by atoms with Gasteiger partial charge in [0.05, 0.1) is 0 Å². The van der Waals surface area contributed by atoms with Crippen LogP contribution in [0.15, 0.2) is 12.1 Å². The van der Waals surface area contributed by atoms with Gasteiger partial charge in [-0.05, 0) is 25.5 Å². The predicted molar refractivity (Wildman–Crippen MR) is 64.3 cm³/mol. The van der Waals surface area contributed by atoms with Crippen molar-refractivity contribution in [2.75, 3.05) is 5.32 Å². The van der Waals surface area contributed by atoms with Gasteiger partial charge in [-0.25, -0.2) is 0 Å². The Bertz CT molecular complexity index is 349. The van der Waals surface area contributed by atoms with Crippen LogP contribution in [0.2, 0.25) is 0 Å². The molecule has 0 amide bonds. The van der Waals surface area contributed by atoms with Gasteiger partial charge in [-0.3, -0.25) is 0 Å². The van der Waals surface area contributed by atoms with Crippen LogP contribution in [0.1, 0.15) is 45.2 Å². The number of hydrogen-bond donors (Lipinski definition) is 1. The molecular weight excluding hydrogens is 243 g/mol. The summed E-state index contributed by atoms with van der Waals surface area (Å²) < 4.78 is 36.8. The standard InChI is InChI=1S/C12H18F3N3/c1-3-4-5-6-9(2)16-11-8-7-10(17-18-11)12(13,14)15/h7-9H,3-6H2,1-2H3,(H,16,18). The minimum atomic E-state index is -4.43. The van der Waals surface area contributed by atoms with Gasteiger partial charge in [-0.15, -0.1) is 10.2 Å². The van der Waals surface area contributed by atoms with Crippen molar-refractivity contribution < 1.29 is 13.2 Å². The van der Waals surface area contributed by atoms with E-state index in [1.54, 1.807) is 0 Å². The normalized spacial score (nSPS) is 13.4. The highest BCUT2D eigenvalue weighted by molar-refractivity contribution is 5.34. The maximum Gasteiger partial charge on any atom is 0.435 e. The zero-order valence-electron chi connectivity index (χ0n) is 10.6. The van der Waals surface area contributed by atoms with Gasteiger partial charge in [0.25, 0.3) is 0 Å². The molecule has 0 saturated carbocycles. The molecular formula is C12H18F3N3. The second kappa shape index (κ2) is 6.56. The topological polar surface area (TPSA) is 37.8 Å². The molecule has 18 heavy (non-hydrogen) atoms. The number of unbranched alkanes of at least 4 members (excludes halogenated alkanes) is 2. The van der Waals surface area contributed by atoms with E-state index in [0.29, 0.717) is 5.82 Å². The molecule has 1 N–H and O–H groups in total. The Kier molecular flexibility index (Phi) is 5.37. The van der Waals surface area contributed by atoms with E-state index in [2.05, 4.69) is 22.4 Å². The van der Waals surface area contributed by atoms with Crippen molar-refractivity contribution in [1.82, 2.24) is 10.2 Å². The fraction of sp³-hybridized carbons (Fsp3) is 0.667. The molecule has 1 unspecified atom stereocenters. The summed E-state index contributed by atoms with van der Waals surface area (Å²) in [5.41, 5.74) is -0.966. The molecule has 0 saturated heterocycles. The van der Waals surface area contributed by atoms with Gasteiger partial charge in [0, 0.05) is 6.04 Å². The molecule has 1 heterocycles. The second-order valence-electron chi connectivity index (χ2n) is 4.34. The maximum absolute atomic E-state index is 12.3. The fourth-order valence-electron chi connectivity index (χ4n) is 1.59. The molecule has 0 aliphatic heterocycles. The van der Waals surface area contributed by atoms with Crippen LogP contribution in [0.4, 0.5) is 19.0 Å². The van der Waals surface area contributed by atoms with Crippen molar-refractivity contribution in [2.24, 2.45) is 0 Å². The van der Waals surface area contributed by atoms with Crippen molar-refractivity contribution in [3.05, 3.63) is 17.8 Å². The molecule has 3 nitrogen and oxygen atoms in total. The predicted octanol–water partition coefficient (Wildman–Crippen LogP) is 3.88. The summed E-state index contributed by atoms with van der Waals surface area (Å²) in [6, 6.07) is 2.43. The van der Waals surface area contributed by atoms with Crippen molar-refractivity contribution in [2.45, 2.75) is 51.7 Å². The number of nitrogens with zero attached hydrogens (tertiary/aromatic N) is 2. The van der Waals surface area contributed by atoms with E-state index >= 15 is 0 Å². The van der Waals surface area contributed by atoms with E-state index in [-0.39, 0.29) is 6.04 Å². The Morgan fingerprint density at radius 2 is 1.94 bits per heavy atom. The van der Waals surface area contributed by atoms with Crippen molar-refractivity contribution in [3.63, 3.8) is 0 Å². The zero-order chi connectivity index (χ0) is 13.6. The summed E-state index contributed by atoms with van der Waals surface area (Å²) in [6.45, 7) is 4.11. The lowest BCUT2D eigenvalue weighted by Gasteiger charge is -2.14. The van der Waals surface area contributed by atoms with Gasteiger partial charge in [-0.2, -0.15) is 13.2 Å². The molecule has 0 fully saturated rings. The number of rotatable bonds is 6. The molecule has 1 aromatic rings. The van der Waals surface area contributed by atoms with E-state index in [1.807, 2.05) is 6.92 Å². The van der Waals surface area contributed by atoms with Crippen LogP contribution in [0.25, 0.3) is 0 Å². The van der Waals surface area contributed by atoms with Gasteiger partial charge in [-0.1, -0.05) is 26.2 Å². The first-order chi connectivity index (χ1) is 8.43. The van der Waals surface area contributed by atoms with Crippen LogP contribution in [0.3, 0.4) is 0 Å². The highest BCUT2D eigenvalue weighted by atomic mass is 19.4. The van der Waals surface area contributed by atoms with Crippen LogP contribution < -0.4 is 5.32 Å². The average Bonchev–Trinajstić information content (AvgIpc) is 2.29. The summed E-state index contributed by atoms with van der Waals surface area (Å²) in [5, 5.41) is 9.73. The summed E-state index contributed by atoms with van der Waals surface area (Å²) in [7, 11) is 0. The summed E-state index contributed by atoms with van der Waals surface area (Å²) in [4.78, 5) is 0. The molecule has 102 valence electrons. The molecule has 0 aliphatic carbocycles. The van der Waals surface area contributed by atoms with Gasteiger partial charge >= 0.3 is 6.18 Å². The van der Waals surface area contributed by atoms with Gasteiger partial charge in [0.2, 0.25) is 0 Å². The van der Waals surface area contributed by atoms with E-state index in [1.165, 1.54) is 6.07 Å². The highest BCUT2D eigenvalue weighted by Gasteiger charge is 2.32. The monoisotopic (exact) mass is 261 g/mol. The summed E-state index contributed by atoms with van der Waals surface area (Å²) >= 11 is 0. The van der Waals surface area contributed by atoms with Crippen LogP contribution in [0, 0.1) is 0 Å². The third kappa shape index (κ3) is 4.89. The minimum absolute atomic E-state index is 0.183. The Labute approximate surface area is 105 Å². The molecule has 1 atom stereocenters. The van der Waals surface area contributed by atoms with Crippen molar-refractivity contribution >= 4 is 5.82 Å². The molecule has 6 heteroatoms. The minimum Gasteiger partial charge on any atom is -0.366 e. The van der Waals surface area contributed by atoms with Crippen LogP contribution in [-0.4, -0.2) is 16.2 Å². The molecule has 1 rings (SSSR count). The van der Waals surface area contributed by atoms with Gasteiger partial charge < -0.3 is 5.32 Å². The quantitative estimate of drug-likeness (QED) is 0.790. The number of anilines is 1. The first kappa shape index (κ1) is 14.7. The molecule has 0 aliphatic rings. The second-order valence-corrected chi connectivity index (χ2v) is 4.34. The van der Waals surface area contributed by atoms with Gasteiger partial charge in [0.15, 0.2) is 5.69 Å². The average molecular weight is 261 g/mol. The zero-order valence-corrected chi connectivity index (χ0v) is 10.6. The maximum atomic E-state index is 12.3. The highest BCUT2D eigenvalue weighted by Crippen LogP contribution is 2.27. The molecule has 0 spiro atoms. The fourth-order valence-corrected chi connectivity index (χ4v) is 1.59. The SMILES string of the molecule is CCCCCC(C)Nc1ccc(C(F)(F)F)nn1. The Hall–Kier alpha value is -1.33. The van der Waals surface area contributed by atoms with Crippen LogP contribution in [-0.2, 0) is 6.18 Å². The molecule has 1 aromatic heterocycles. The smallest absolute Gasteiger partial charge is 0.366 e. The van der Waals surface area contributed by atoms with E-state index < -0.39 is 11.9 Å². The Morgan fingerprint density at radius 1 is 1.22 bits per heavy atom. The van der Waals surface area contributed by atoms with Crippen LogP contribution in [0.5, 0.6) is 0 Å². The molecule has 0 bridgehead atoms. The lowest BCUT2D eigenvalue weighted by Crippen LogP contribution is -2.17. The third-order valence-corrected chi connectivity index (χ3v) is 2.59. The van der Waals surface area contributed by atoms with E-state index in [4.69, 9.17) is 0 Å². The van der Waals surface area contributed by atoms with Crippen molar-refractivity contribution in [1.29, 1.82) is 0 Å². The van der Waals surface area contributed by atoms with E-state index in [0.717, 1.165) is 31.7 Å². The lowest BCUT2D eigenvalue weighted by molar-refractivity contribution is -0.141. The molecule has 0 radical (unpaired) electrons. The van der Waals surface area contributed by atoms with Gasteiger partial charge in [0.1, 0.15) is 5.82 Å². The first-order valence-electron chi connectivity index (χ1n) is 6.11. The number of nitrogens with one attached hydrogen (secondary N) is 1. The number of alkyl halides is 3.